The van der Waals surface area contributed by atoms with Crippen LogP contribution in [0.2, 0.25) is 0 Å². The number of benzene rings is 1. The van der Waals surface area contributed by atoms with Crippen molar-refractivity contribution in [2.24, 2.45) is 0 Å². The largest absolute Gasteiger partial charge is 0.344 e. The molecule has 1 aromatic carbocycles. The molecule has 1 aliphatic heterocycles. The van der Waals surface area contributed by atoms with Gasteiger partial charge in [0.1, 0.15) is 0 Å². The van der Waals surface area contributed by atoms with Gasteiger partial charge in [0.05, 0.1) is 6.54 Å². The molecule has 1 heterocycles. The highest BCUT2D eigenvalue weighted by Crippen LogP contribution is 2.00. The van der Waals surface area contributed by atoms with E-state index in [1.807, 2.05) is 35.2 Å². The summed E-state index contributed by atoms with van der Waals surface area (Å²) in [4.78, 5) is 14.8. The minimum atomic E-state index is 0.779. The van der Waals surface area contributed by atoms with E-state index in [0.29, 0.717) is 0 Å². The zero-order chi connectivity index (χ0) is 12.6. The molecule has 0 aliphatic carbocycles. The monoisotopic (exact) mass is 242 g/mol. The summed E-state index contributed by atoms with van der Waals surface area (Å²) in [6, 6.07) is 10.0. The molecule has 0 aromatic heterocycles. The van der Waals surface area contributed by atoms with Crippen LogP contribution >= 0.6 is 0 Å². The van der Waals surface area contributed by atoms with Crippen molar-refractivity contribution in [3.8, 4) is 11.8 Å². The van der Waals surface area contributed by atoms with E-state index >= 15 is 0 Å². The maximum Gasteiger partial charge on any atom is 0.209 e. The molecule has 0 saturated carbocycles. The van der Waals surface area contributed by atoms with Gasteiger partial charge in [0, 0.05) is 31.7 Å². The standard InChI is InChI=1S/C15H18N2O/c18-14-17-11-5-10-16(12-13-17)9-4-8-15-6-2-1-3-7-15/h1-3,6-7,14H,5,9-13H2. The second kappa shape index (κ2) is 6.83. The zero-order valence-electron chi connectivity index (χ0n) is 10.5. The van der Waals surface area contributed by atoms with Gasteiger partial charge in [-0.05, 0) is 18.6 Å². The van der Waals surface area contributed by atoms with E-state index in [0.717, 1.165) is 51.1 Å². The molecule has 0 unspecified atom stereocenters. The minimum Gasteiger partial charge on any atom is -0.344 e. The van der Waals surface area contributed by atoms with E-state index in [1.165, 1.54) is 0 Å². The molecule has 1 fully saturated rings. The molecular formula is C15H18N2O. The van der Waals surface area contributed by atoms with Gasteiger partial charge < -0.3 is 4.90 Å². The maximum atomic E-state index is 10.7. The molecule has 18 heavy (non-hydrogen) atoms. The number of hydrogen-bond donors (Lipinski definition) is 0. The second-order valence-corrected chi connectivity index (χ2v) is 4.44. The lowest BCUT2D eigenvalue weighted by Gasteiger charge is -2.16. The predicted molar refractivity (Wildman–Crippen MR) is 72.0 cm³/mol. The molecule has 1 saturated heterocycles. The summed E-state index contributed by atoms with van der Waals surface area (Å²) in [6.45, 7) is 4.40. The van der Waals surface area contributed by atoms with Crippen LogP contribution in [0.4, 0.5) is 0 Å². The zero-order valence-corrected chi connectivity index (χ0v) is 10.5. The summed E-state index contributed by atoms with van der Waals surface area (Å²) >= 11 is 0. The predicted octanol–water partition coefficient (Wildman–Crippen LogP) is 1.20. The number of carbonyl (C=O) groups is 1. The molecule has 0 spiro atoms. The lowest BCUT2D eigenvalue weighted by atomic mass is 10.2. The van der Waals surface area contributed by atoms with E-state index in [1.54, 1.807) is 0 Å². The van der Waals surface area contributed by atoms with Crippen molar-refractivity contribution in [1.82, 2.24) is 9.80 Å². The van der Waals surface area contributed by atoms with Crippen LogP contribution < -0.4 is 0 Å². The first-order valence-corrected chi connectivity index (χ1v) is 6.34. The quantitative estimate of drug-likeness (QED) is 0.575. The Hall–Kier alpha value is -1.79. The lowest BCUT2D eigenvalue weighted by Crippen LogP contribution is -2.30. The number of carbonyl (C=O) groups excluding carboxylic acids is 1. The summed E-state index contributed by atoms with van der Waals surface area (Å²) in [5.41, 5.74) is 1.06. The third kappa shape index (κ3) is 3.90. The fourth-order valence-corrected chi connectivity index (χ4v) is 2.03. The Labute approximate surface area is 108 Å². The molecular weight excluding hydrogens is 224 g/mol. The molecule has 1 aliphatic rings. The van der Waals surface area contributed by atoms with E-state index in [2.05, 4.69) is 16.7 Å². The molecule has 94 valence electrons. The van der Waals surface area contributed by atoms with Crippen LogP contribution in [0.1, 0.15) is 12.0 Å². The summed E-state index contributed by atoms with van der Waals surface area (Å²) in [5, 5.41) is 0. The summed E-state index contributed by atoms with van der Waals surface area (Å²) < 4.78 is 0. The van der Waals surface area contributed by atoms with Crippen molar-refractivity contribution in [1.29, 1.82) is 0 Å². The summed E-state index contributed by atoms with van der Waals surface area (Å²) in [7, 11) is 0. The van der Waals surface area contributed by atoms with Gasteiger partial charge in [-0.3, -0.25) is 9.69 Å². The van der Waals surface area contributed by atoms with Crippen LogP contribution in [0.15, 0.2) is 30.3 Å². The van der Waals surface area contributed by atoms with Gasteiger partial charge in [0.2, 0.25) is 6.41 Å². The third-order valence-corrected chi connectivity index (χ3v) is 3.08. The Morgan fingerprint density at radius 2 is 1.94 bits per heavy atom. The molecule has 0 radical (unpaired) electrons. The maximum absolute atomic E-state index is 10.7. The summed E-state index contributed by atoms with van der Waals surface area (Å²) in [5.74, 6) is 6.36. The van der Waals surface area contributed by atoms with E-state index < -0.39 is 0 Å². The van der Waals surface area contributed by atoms with Gasteiger partial charge in [-0.1, -0.05) is 30.0 Å². The lowest BCUT2D eigenvalue weighted by molar-refractivity contribution is -0.118. The number of rotatable bonds is 2. The van der Waals surface area contributed by atoms with Crippen LogP contribution in [0.5, 0.6) is 0 Å². The first-order valence-electron chi connectivity index (χ1n) is 6.34. The van der Waals surface area contributed by atoms with Gasteiger partial charge in [-0.25, -0.2) is 0 Å². The fourth-order valence-electron chi connectivity index (χ4n) is 2.03. The normalized spacial score (nSPS) is 16.6. The topological polar surface area (TPSA) is 23.6 Å². The smallest absolute Gasteiger partial charge is 0.209 e. The average Bonchev–Trinajstić information content (AvgIpc) is 2.65. The first-order chi connectivity index (χ1) is 8.88. The highest BCUT2D eigenvalue weighted by atomic mass is 16.1. The van der Waals surface area contributed by atoms with Crippen molar-refractivity contribution < 1.29 is 4.79 Å². The SMILES string of the molecule is O=CN1CCCN(CC#Cc2ccccc2)CC1. The van der Waals surface area contributed by atoms with Crippen molar-refractivity contribution >= 4 is 6.41 Å². The average molecular weight is 242 g/mol. The van der Waals surface area contributed by atoms with E-state index in [4.69, 9.17) is 0 Å². The summed E-state index contributed by atoms with van der Waals surface area (Å²) in [6.07, 6.45) is 1.98. The minimum absolute atomic E-state index is 0.779. The Kier molecular flexibility index (Phi) is 4.80. The molecule has 3 nitrogen and oxygen atoms in total. The van der Waals surface area contributed by atoms with Gasteiger partial charge in [-0.15, -0.1) is 0 Å². The number of hydrogen-bond acceptors (Lipinski definition) is 2. The van der Waals surface area contributed by atoms with E-state index in [-0.39, 0.29) is 0 Å². The highest BCUT2D eigenvalue weighted by Gasteiger charge is 2.11. The molecule has 3 heteroatoms. The molecule has 2 rings (SSSR count). The second-order valence-electron chi connectivity index (χ2n) is 4.44. The number of amides is 1. The molecule has 0 N–H and O–H groups in total. The molecule has 0 bridgehead atoms. The Bertz CT molecular complexity index is 433. The van der Waals surface area contributed by atoms with Crippen molar-refractivity contribution in [3.63, 3.8) is 0 Å². The first kappa shape index (κ1) is 12.7. The van der Waals surface area contributed by atoms with Crippen LogP contribution in [0, 0.1) is 11.8 Å². The van der Waals surface area contributed by atoms with Gasteiger partial charge in [0.25, 0.3) is 0 Å². The Balaban J connectivity index is 1.84. The Morgan fingerprint density at radius 1 is 1.11 bits per heavy atom. The fraction of sp³-hybridized carbons (Fsp3) is 0.400. The third-order valence-electron chi connectivity index (χ3n) is 3.08. The van der Waals surface area contributed by atoms with Gasteiger partial charge in [-0.2, -0.15) is 0 Å². The number of nitrogens with zero attached hydrogens (tertiary/aromatic N) is 2. The van der Waals surface area contributed by atoms with E-state index in [9.17, 15) is 4.79 Å². The Morgan fingerprint density at radius 3 is 2.72 bits per heavy atom. The highest BCUT2D eigenvalue weighted by molar-refractivity contribution is 5.46. The van der Waals surface area contributed by atoms with Crippen LogP contribution in [0.25, 0.3) is 0 Å². The van der Waals surface area contributed by atoms with Crippen LogP contribution in [-0.4, -0.2) is 48.9 Å². The molecule has 1 amide bonds. The molecule has 0 atom stereocenters. The van der Waals surface area contributed by atoms with Crippen LogP contribution in [0.3, 0.4) is 0 Å². The van der Waals surface area contributed by atoms with Gasteiger partial charge >= 0.3 is 0 Å². The van der Waals surface area contributed by atoms with Crippen molar-refractivity contribution in [3.05, 3.63) is 35.9 Å². The molecule has 1 aromatic rings. The van der Waals surface area contributed by atoms with Crippen molar-refractivity contribution in [2.45, 2.75) is 6.42 Å². The van der Waals surface area contributed by atoms with Gasteiger partial charge in [0.15, 0.2) is 0 Å². The van der Waals surface area contributed by atoms with Crippen molar-refractivity contribution in [2.75, 3.05) is 32.7 Å². The van der Waals surface area contributed by atoms with Crippen LogP contribution in [-0.2, 0) is 4.79 Å².